The smallest absolute Gasteiger partial charge is 0.254 e. The maximum atomic E-state index is 12.4. The van der Waals surface area contributed by atoms with Gasteiger partial charge in [0, 0.05) is 21.6 Å². The summed E-state index contributed by atoms with van der Waals surface area (Å²) in [5.41, 5.74) is 0.565. The Hall–Kier alpha value is -0.580. The Morgan fingerprint density at radius 1 is 1.44 bits per heavy atom. The summed E-state index contributed by atoms with van der Waals surface area (Å²) >= 11 is 9.29. The molecule has 0 saturated carbocycles. The molecule has 2 rings (SSSR count). The lowest BCUT2D eigenvalue weighted by Crippen LogP contribution is -2.45. The molecule has 0 spiro atoms. The van der Waals surface area contributed by atoms with Crippen LogP contribution in [0.3, 0.4) is 0 Å². The van der Waals surface area contributed by atoms with Crippen LogP contribution in [0.15, 0.2) is 22.7 Å². The van der Waals surface area contributed by atoms with Crippen molar-refractivity contribution < 1.29 is 9.90 Å². The SMILES string of the molecule is O=C(c1cc(Cl)cc(Br)c1)N1CCCCC1CO. The molecule has 1 atom stereocenters. The molecule has 1 fully saturated rings. The molecule has 1 N–H and O–H groups in total. The Bertz CT molecular complexity index is 432. The monoisotopic (exact) mass is 331 g/mol. The largest absolute Gasteiger partial charge is 0.394 e. The number of aliphatic hydroxyl groups is 1. The number of likely N-dealkylation sites (tertiary alicyclic amines) is 1. The topological polar surface area (TPSA) is 40.5 Å². The minimum absolute atomic E-state index is 0.0213. The van der Waals surface area contributed by atoms with Gasteiger partial charge in [0.15, 0.2) is 0 Å². The Labute approximate surface area is 120 Å². The van der Waals surface area contributed by atoms with E-state index in [1.165, 1.54) is 0 Å². The predicted molar refractivity (Wildman–Crippen MR) is 74.9 cm³/mol. The van der Waals surface area contributed by atoms with Gasteiger partial charge in [-0.15, -0.1) is 0 Å². The van der Waals surface area contributed by atoms with Crippen LogP contribution in [0.4, 0.5) is 0 Å². The van der Waals surface area contributed by atoms with Crippen molar-refractivity contribution in [2.75, 3.05) is 13.2 Å². The zero-order chi connectivity index (χ0) is 13.1. The maximum Gasteiger partial charge on any atom is 0.254 e. The average molecular weight is 333 g/mol. The third kappa shape index (κ3) is 3.05. The number of hydrogen-bond acceptors (Lipinski definition) is 2. The Balaban J connectivity index is 2.23. The normalized spacial score (nSPS) is 19.9. The van der Waals surface area contributed by atoms with Gasteiger partial charge in [0.25, 0.3) is 5.91 Å². The second-order valence-corrected chi connectivity index (χ2v) is 5.84. The molecule has 0 radical (unpaired) electrons. The van der Waals surface area contributed by atoms with Gasteiger partial charge in [-0.3, -0.25) is 4.79 Å². The van der Waals surface area contributed by atoms with Gasteiger partial charge in [-0.05, 0) is 37.5 Å². The van der Waals surface area contributed by atoms with Gasteiger partial charge in [-0.1, -0.05) is 27.5 Å². The fraction of sp³-hybridized carbons (Fsp3) is 0.462. The van der Waals surface area contributed by atoms with Gasteiger partial charge >= 0.3 is 0 Å². The van der Waals surface area contributed by atoms with Crippen LogP contribution in [0.25, 0.3) is 0 Å². The van der Waals surface area contributed by atoms with E-state index < -0.39 is 0 Å². The fourth-order valence-corrected chi connectivity index (χ4v) is 3.16. The third-order valence-electron chi connectivity index (χ3n) is 3.21. The van der Waals surface area contributed by atoms with Crippen molar-refractivity contribution in [1.29, 1.82) is 0 Å². The summed E-state index contributed by atoms with van der Waals surface area (Å²) in [5, 5.41) is 9.87. The van der Waals surface area contributed by atoms with E-state index in [4.69, 9.17) is 11.6 Å². The summed E-state index contributed by atoms with van der Waals surface area (Å²) in [6.07, 6.45) is 2.92. The van der Waals surface area contributed by atoms with Gasteiger partial charge in [-0.25, -0.2) is 0 Å². The third-order valence-corrected chi connectivity index (χ3v) is 3.88. The van der Waals surface area contributed by atoms with Crippen LogP contribution in [0.2, 0.25) is 5.02 Å². The van der Waals surface area contributed by atoms with E-state index >= 15 is 0 Å². The number of carbonyl (C=O) groups excluding carboxylic acids is 1. The van der Waals surface area contributed by atoms with Crippen LogP contribution in [-0.2, 0) is 0 Å². The van der Waals surface area contributed by atoms with E-state index in [0.717, 1.165) is 23.7 Å². The molecule has 1 saturated heterocycles. The molecule has 0 aromatic heterocycles. The molecule has 0 bridgehead atoms. The highest BCUT2D eigenvalue weighted by atomic mass is 79.9. The molecular weight excluding hydrogens is 318 g/mol. The predicted octanol–water partition coefficient (Wildman–Crippen LogP) is 3.09. The van der Waals surface area contributed by atoms with E-state index in [1.807, 2.05) is 0 Å². The van der Waals surface area contributed by atoms with Crippen molar-refractivity contribution in [3.05, 3.63) is 33.3 Å². The van der Waals surface area contributed by atoms with Crippen molar-refractivity contribution >= 4 is 33.4 Å². The number of amides is 1. The van der Waals surface area contributed by atoms with Crippen LogP contribution in [0, 0.1) is 0 Å². The second kappa shape index (κ2) is 6.04. The summed E-state index contributed by atoms with van der Waals surface area (Å²) in [6.45, 7) is 0.724. The van der Waals surface area contributed by atoms with Gasteiger partial charge in [-0.2, -0.15) is 0 Å². The number of carbonyl (C=O) groups is 1. The minimum Gasteiger partial charge on any atom is -0.394 e. The van der Waals surface area contributed by atoms with Crippen molar-refractivity contribution in [3.8, 4) is 0 Å². The number of halogens is 2. The fourth-order valence-electron chi connectivity index (χ4n) is 2.30. The van der Waals surface area contributed by atoms with Gasteiger partial charge < -0.3 is 10.0 Å². The summed E-state index contributed by atoms with van der Waals surface area (Å²) < 4.78 is 0.788. The van der Waals surface area contributed by atoms with Gasteiger partial charge in [0.2, 0.25) is 0 Å². The standard InChI is InChI=1S/C13H15BrClNO2/c14-10-5-9(6-11(15)7-10)13(18)16-4-2-1-3-12(16)8-17/h5-7,12,17H,1-4,8H2. The molecular formula is C13H15BrClNO2. The lowest BCUT2D eigenvalue weighted by Gasteiger charge is -2.34. The highest BCUT2D eigenvalue weighted by Crippen LogP contribution is 2.24. The van der Waals surface area contributed by atoms with Crippen LogP contribution < -0.4 is 0 Å². The lowest BCUT2D eigenvalue weighted by molar-refractivity contribution is 0.0503. The zero-order valence-electron chi connectivity index (χ0n) is 9.90. The Kier molecular flexibility index (Phi) is 4.65. The first-order valence-corrected chi connectivity index (χ1v) is 7.17. The first kappa shape index (κ1) is 13.8. The van der Waals surface area contributed by atoms with E-state index in [-0.39, 0.29) is 18.6 Å². The van der Waals surface area contributed by atoms with E-state index in [1.54, 1.807) is 23.1 Å². The summed E-state index contributed by atoms with van der Waals surface area (Å²) in [6, 6.07) is 5.11. The van der Waals surface area contributed by atoms with Gasteiger partial charge in [0.05, 0.1) is 12.6 Å². The molecule has 1 aromatic rings. The van der Waals surface area contributed by atoms with E-state index in [0.29, 0.717) is 17.1 Å². The lowest BCUT2D eigenvalue weighted by atomic mass is 10.0. The molecule has 0 aliphatic carbocycles. The Morgan fingerprint density at radius 2 is 2.22 bits per heavy atom. The quantitative estimate of drug-likeness (QED) is 0.904. The number of nitrogens with zero attached hydrogens (tertiary/aromatic N) is 1. The number of piperidine rings is 1. The maximum absolute atomic E-state index is 12.4. The van der Waals surface area contributed by atoms with Gasteiger partial charge in [0.1, 0.15) is 0 Å². The molecule has 3 nitrogen and oxygen atoms in total. The summed E-state index contributed by atoms with van der Waals surface area (Å²) in [4.78, 5) is 14.2. The van der Waals surface area contributed by atoms with Crippen molar-refractivity contribution in [1.82, 2.24) is 4.90 Å². The second-order valence-electron chi connectivity index (χ2n) is 4.49. The zero-order valence-corrected chi connectivity index (χ0v) is 12.2. The number of benzene rings is 1. The van der Waals surface area contributed by atoms with Crippen molar-refractivity contribution in [2.24, 2.45) is 0 Å². The van der Waals surface area contributed by atoms with Crippen LogP contribution in [-0.4, -0.2) is 35.1 Å². The molecule has 1 aliphatic heterocycles. The van der Waals surface area contributed by atoms with Crippen LogP contribution >= 0.6 is 27.5 Å². The Morgan fingerprint density at radius 3 is 2.89 bits per heavy atom. The number of aliphatic hydroxyl groups excluding tert-OH is 1. The summed E-state index contributed by atoms with van der Waals surface area (Å²) in [7, 11) is 0. The molecule has 1 aromatic carbocycles. The van der Waals surface area contributed by atoms with E-state index in [9.17, 15) is 9.90 Å². The minimum atomic E-state index is -0.0657. The molecule has 1 amide bonds. The molecule has 5 heteroatoms. The molecule has 1 unspecified atom stereocenters. The molecule has 18 heavy (non-hydrogen) atoms. The molecule has 1 aliphatic rings. The van der Waals surface area contributed by atoms with E-state index in [2.05, 4.69) is 15.9 Å². The first-order chi connectivity index (χ1) is 8.61. The van der Waals surface area contributed by atoms with Crippen LogP contribution in [0.5, 0.6) is 0 Å². The number of rotatable bonds is 2. The number of hydrogen-bond donors (Lipinski definition) is 1. The summed E-state index contributed by atoms with van der Waals surface area (Å²) in [5.74, 6) is -0.0584. The van der Waals surface area contributed by atoms with Crippen LogP contribution in [0.1, 0.15) is 29.6 Å². The highest BCUT2D eigenvalue weighted by molar-refractivity contribution is 9.10. The highest BCUT2D eigenvalue weighted by Gasteiger charge is 2.27. The molecule has 98 valence electrons. The average Bonchev–Trinajstić information content (AvgIpc) is 2.36. The first-order valence-electron chi connectivity index (χ1n) is 5.99. The van der Waals surface area contributed by atoms with Crippen molar-refractivity contribution in [2.45, 2.75) is 25.3 Å². The van der Waals surface area contributed by atoms with Crippen molar-refractivity contribution in [3.63, 3.8) is 0 Å². The molecule has 1 heterocycles.